The third kappa shape index (κ3) is 3.03. The van der Waals surface area contributed by atoms with Crippen molar-refractivity contribution in [3.05, 3.63) is 52.4 Å². The Balaban J connectivity index is 2.13. The van der Waals surface area contributed by atoms with E-state index in [1.807, 2.05) is 37.4 Å². The molecular formula is C13H14BrN3. The summed E-state index contributed by atoms with van der Waals surface area (Å²) >= 11 is 3.44. The zero-order valence-electron chi connectivity index (χ0n) is 9.81. The number of nitrogens with zero attached hydrogens (tertiary/aromatic N) is 2. The van der Waals surface area contributed by atoms with Crippen molar-refractivity contribution in [2.75, 3.05) is 5.32 Å². The van der Waals surface area contributed by atoms with Crippen LogP contribution in [0, 0.1) is 6.92 Å². The number of nitrogens with one attached hydrogen (secondary N) is 1. The molecule has 0 aliphatic carbocycles. The number of aryl methyl sites for hydroxylation is 1. The molecule has 1 unspecified atom stereocenters. The maximum atomic E-state index is 4.32. The Morgan fingerprint density at radius 3 is 2.76 bits per heavy atom. The van der Waals surface area contributed by atoms with Gasteiger partial charge in [0.15, 0.2) is 0 Å². The topological polar surface area (TPSA) is 37.8 Å². The molecule has 88 valence electrons. The molecule has 2 aromatic heterocycles. The van der Waals surface area contributed by atoms with Crippen LogP contribution in [0.4, 0.5) is 5.82 Å². The number of rotatable bonds is 3. The minimum absolute atomic E-state index is 0.143. The van der Waals surface area contributed by atoms with E-state index < -0.39 is 0 Å². The third-order valence-corrected chi connectivity index (χ3v) is 3.37. The predicted molar refractivity (Wildman–Crippen MR) is 72.9 cm³/mol. The van der Waals surface area contributed by atoms with Gasteiger partial charge in [0.2, 0.25) is 0 Å². The van der Waals surface area contributed by atoms with E-state index in [1.54, 1.807) is 6.20 Å². The Kier molecular flexibility index (Phi) is 3.74. The van der Waals surface area contributed by atoms with Crippen molar-refractivity contribution in [1.82, 2.24) is 9.97 Å². The molecular weight excluding hydrogens is 278 g/mol. The Morgan fingerprint density at radius 2 is 2.12 bits per heavy atom. The van der Waals surface area contributed by atoms with Gasteiger partial charge in [-0.2, -0.15) is 0 Å². The molecule has 0 spiro atoms. The first-order valence-electron chi connectivity index (χ1n) is 5.46. The smallest absolute Gasteiger partial charge is 0.126 e. The Hall–Kier alpha value is -1.42. The standard InChI is InChI=1S/C13H14BrN3/c1-9-7-13(16-8-11(9)14)17-10(2)12-5-3-4-6-15-12/h3-8,10H,1-2H3,(H,16,17). The molecule has 4 heteroatoms. The molecule has 1 atom stereocenters. The summed E-state index contributed by atoms with van der Waals surface area (Å²) in [7, 11) is 0. The van der Waals surface area contributed by atoms with E-state index in [4.69, 9.17) is 0 Å². The molecule has 2 rings (SSSR count). The molecule has 17 heavy (non-hydrogen) atoms. The van der Waals surface area contributed by atoms with Gasteiger partial charge in [-0.05, 0) is 53.5 Å². The monoisotopic (exact) mass is 291 g/mol. The molecule has 0 amide bonds. The highest BCUT2D eigenvalue weighted by atomic mass is 79.9. The van der Waals surface area contributed by atoms with E-state index in [0.29, 0.717) is 0 Å². The van der Waals surface area contributed by atoms with E-state index in [-0.39, 0.29) is 6.04 Å². The number of aromatic nitrogens is 2. The molecule has 0 bridgehead atoms. The highest BCUT2D eigenvalue weighted by Gasteiger charge is 2.07. The fraction of sp³-hybridized carbons (Fsp3) is 0.231. The van der Waals surface area contributed by atoms with Crippen LogP contribution in [0.15, 0.2) is 41.1 Å². The number of hydrogen-bond donors (Lipinski definition) is 1. The van der Waals surface area contributed by atoms with Crippen molar-refractivity contribution in [1.29, 1.82) is 0 Å². The second kappa shape index (κ2) is 5.27. The normalized spacial score (nSPS) is 12.2. The first-order chi connectivity index (χ1) is 8.16. The Morgan fingerprint density at radius 1 is 1.29 bits per heavy atom. The summed E-state index contributed by atoms with van der Waals surface area (Å²) in [6.45, 7) is 4.11. The van der Waals surface area contributed by atoms with Gasteiger partial charge < -0.3 is 5.32 Å². The fourth-order valence-corrected chi connectivity index (χ4v) is 1.76. The van der Waals surface area contributed by atoms with E-state index >= 15 is 0 Å². The van der Waals surface area contributed by atoms with Crippen molar-refractivity contribution in [3.8, 4) is 0 Å². The minimum Gasteiger partial charge on any atom is -0.362 e. The van der Waals surface area contributed by atoms with Gasteiger partial charge in [-0.1, -0.05) is 6.07 Å². The summed E-state index contributed by atoms with van der Waals surface area (Å²) in [5.74, 6) is 0.865. The van der Waals surface area contributed by atoms with Crippen LogP contribution in [0.2, 0.25) is 0 Å². The summed E-state index contributed by atoms with van der Waals surface area (Å²) in [5.41, 5.74) is 2.17. The van der Waals surface area contributed by atoms with Crippen LogP contribution < -0.4 is 5.32 Å². The maximum Gasteiger partial charge on any atom is 0.126 e. The zero-order valence-corrected chi connectivity index (χ0v) is 11.4. The van der Waals surface area contributed by atoms with Crippen molar-refractivity contribution in [3.63, 3.8) is 0 Å². The first kappa shape index (κ1) is 12.0. The average molecular weight is 292 g/mol. The summed E-state index contributed by atoms with van der Waals surface area (Å²) in [6.07, 6.45) is 3.61. The lowest BCUT2D eigenvalue weighted by molar-refractivity contribution is 0.831. The van der Waals surface area contributed by atoms with Crippen molar-refractivity contribution in [2.45, 2.75) is 19.9 Å². The van der Waals surface area contributed by atoms with Crippen LogP contribution in [0.3, 0.4) is 0 Å². The van der Waals surface area contributed by atoms with Crippen molar-refractivity contribution >= 4 is 21.7 Å². The second-order valence-electron chi connectivity index (χ2n) is 3.94. The van der Waals surface area contributed by atoms with Gasteiger partial charge in [-0.25, -0.2) is 4.98 Å². The lowest BCUT2D eigenvalue weighted by Crippen LogP contribution is -2.09. The zero-order chi connectivity index (χ0) is 12.3. The van der Waals surface area contributed by atoms with Gasteiger partial charge in [0.25, 0.3) is 0 Å². The molecule has 0 aliphatic rings. The number of anilines is 1. The number of halogens is 1. The molecule has 1 N–H and O–H groups in total. The first-order valence-corrected chi connectivity index (χ1v) is 6.25. The van der Waals surface area contributed by atoms with Crippen LogP contribution in [0.1, 0.15) is 24.2 Å². The highest BCUT2D eigenvalue weighted by molar-refractivity contribution is 9.10. The largest absolute Gasteiger partial charge is 0.362 e. The molecule has 0 saturated carbocycles. The van der Waals surface area contributed by atoms with Crippen LogP contribution >= 0.6 is 15.9 Å². The van der Waals surface area contributed by atoms with Gasteiger partial charge in [-0.15, -0.1) is 0 Å². The van der Waals surface area contributed by atoms with E-state index in [2.05, 4.69) is 38.1 Å². The molecule has 0 radical (unpaired) electrons. The molecule has 2 aromatic rings. The SMILES string of the molecule is Cc1cc(NC(C)c2ccccn2)ncc1Br. The molecule has 3 nitrogen and oxygen atoms in total. The lowest BCUT2D eigenvalue weighted by Gasteiger charge is -2.14. The number of hydrogen-bond acceptors (Lipinski definition) is 3. The molecule has 0 fully saturated rings. The summed E-state index contributed by atoms with van der Waals surface area (Å²) in [5, 5.41) is 3.33. The number of pyridine rings is 2. The molecule has 0 aromatic carbocycles. The van der Waals surface area contributed by atoms with Crippen LogP contribution in [-0.4, -0.2) is 9.97 Å². The van der Waals surface area contributed by atoms with Gasteiger partial charge in [-0.3, -0.25) is 4.98 Å². The van der Waals surface area contributed by atoms with Crippen molar-refractivity contribution < 1.29 is 0 Å². The Bertz CT molecular complexity index is 499. The van der Waals surface area contributed by atoms with E-state index in [9.17, 15) is 0 Å². The van der Waals surface area contributed by atoms with Gasteiger partial charge >= 0.3 is 0 Å². The van der Waals surface area contributed by atoms with Crippen LogP contribution in [0.5, 0.6) is 0 Å². The predicted octanol–water partition coefficient (Wildman–Crippen LogP) is 3.72. The van der Waals surface area contributed by atoms with Crippen LogP contribution in [-0.2, 0) is 0 Å². The molecule has 0 saturated heterocycles. The average Bonchev–Trinajstić information content (AvgIpc) is 2.35. The molecule has 2 heterocycles. The quantitative estimate of drug-likeness (QED) is 0.937. The second-order valence-corrected chi connectivity index (χ2v) is 4.79. The molecule has 0 aliphatic heterocycles. The summed E-state index contributed by atoms with van der Waals surface area (Å²) < 4.78 is 1.02. The highest BCUT2D eigenvalue weighted by Crippen LogP contribution is 2.20. The van der Waals surface area contributed by atoms with Crippen molar-refractivity contribution in [2.24, 2.45) is 0 Å². The van der Waals surface area contributed by atoms with E-state index in [0.717, 1.165) is 21.5 Å². The third-order valence-electron chi connectivity index (χ3n) is 2.54. The van der Waals surface area contributed by atoms with Crippen LogP contribution in [0.25, 0.3) is 0 Å². The summed E-state index contributed by atoms with van der Waals surface area (Å²) in [4.78, 5) is 8.63. The lowest BCUT2D eigenvalue weighted by atomic mass is 10.2. The summed E-state index contributed by atoms with van der Waals surface area (Å²) in [6, 6.07) is 8.07. The van der Waals surface area contributed by atoms with E-state index in [1.165, 1.54) is 0 Å². The Labute approximate surface area is 109 Å². The minimum atomic E-state index is 0.143. The maximum absolute atomic E-state index is 4.32. The van der Waals surface area contributed by atoms with Gasteiger partial charge in [0.1, 0.15) is 5.82 Å². The van der Waals surface area contributed by atoms with Gasteiger partial charge in [0, 0.05) is 16.9 Å². The fourth-order valence-electron chi connectivity index (χ4n) is 1.55. The van der Waals surface area contributed by atoms with Gasteiger partial charge in [0.05, 0.1) is 11.7 Å².